The van der Waals surface area contributed by atoms with E-state index in [1.165, 1.54) is 25.3 Å². The lowest BCUT2D eigenvalue weighted by atomic mass is 9.99. The number of esters is 1. The Balaban J connectivity index is 2.26. The van der Waals surface area contributed by atoms with Gasteiger partial charge in [-0.2, -0.15) is 0 Å². The Hall–Kier alpha value is -2.15. The number of methoxy groups -OCH3 is 1. The monoisotopic (exact) mass is 308 g/mol. The van der Waals surface area contributed by atoms with Gasteiger partial charge in [0.15, 0.2) is 0 Å². The third kappa shape index (κ3) is 3.54. The smallest absolute Gasteiger partial charge is 0.337 e. The lowest BCUT2D eigenvalue weighted by Crippen LogP contribution is -2.25. The highest BCUT2D eigenvalue weighted by atomic mass is 16.6. The predicted molar refractivity (Wildman–Crippen MR) is 80.9 cm³/mol. The van der Waals surface area contributed by atoms with Crippen molar-refractivity contribution in [2.45, 2.75) is 31.7 Å². The first-order chi connectivity index (χ1) is 10.6. The molecule has 2 rings (SSSR count). The van der Waals surface area contributed by atoms with Crippen LogP contribution in [0.1, 0.15) is 36.0 Å². The maximum Gasteiger partial charge on any atom is 0.337 e. The molecule has 7 heteroatoms. The standard InChI is InChI=1S/C15H20N2O5/c1-22-15(19)11-5-6-14(17(20)21)13(9-11)16-12-4-2-3-10(12)7-8-18/h5-6,9-10,12,16,18H,2-4,7-8H2,1H3. The number of ether oxygens (including phenoxy) is 1. The summed E-state index contributed by atoms with van der Waals surface area (Å²) in [5.74, 6) is -0.248. The molecule has 1 fully saturated rings. The molecule has 1 aliphatic carbocycles. The average molecular weight is 308 g/mol. The van der Waals surface area contributed by atoms with Crippen molar-refractivity contribution in [1.82, 2.24) is 0 Å². The number of nitro groups is 1. The number of nitrogens with one attached hydrogen (secondary N) is 1. The second-order valence-corrected chi connectivity index (χ2v) is 5.43. The number of hydrogen-bond donors (Lipinski definition) is 2. The number of hydrogen-bond acceptors (Lipinski definition) is 6. The summed E-state index contributed by atoms with van der Waals surface area (Å²) in [5, 5.41) is 23.5. The fraction of sp³-hybridized carbons (Fsp3) is 0.533. The van der Waals surface area contributed by atoms with Gasteiger partial charge in [-0.25, -0.2) is 4.79 Å². The number of carbonyl (C=O) groups is 1. The maximum atomic E-state index is 11.6. The van der Waals surface area contributed by atoms with Crippen molar-refractivity contribution in [2.24, 2.45) is 5.92 Å². The van der Waals surface area contributed by atoms with Crippen LogP contribution in [0.2, 0.25) is 0 Å². The Morgan fingerprint density at radius 2 is 2.27 bits per heavy atom. The molecule has 0 spiro atoms. The number of anilines is 1. The second kappa shape index (κ2) is 7.22. The molecule has 2 N–H and O–H groups in total. The van der Waals surface area contributed by atoms with Crippen molar-refractivity contribution in [3.8, 4) is 0 Å². The minimum absolute atomic E-state index is 0.0673. The summed E-state index contributed by atoms with van der Waals surface area (Å²) in [5.41, 5.74) is 0.525. The lowest BCUT2D eigenvalue weighted by Gasteiger charge is -2.21. The van der Waals surface area contributed by atoms with Crippen molar-refractivity contribution in [2.75, 3.05) is 19.0 Å². The fourth-order valence-electron chi connectivity index (χ4n) is 2.99. The highest BCUT2D eigenvalue weighted by Crippen LogP contribution is 2.34. The number of nitro benzene ring substituents is 1. The first-order valence-corrected chi connectivity index (χ1v) is 7.31. The third-order valence-electron chi connectivity index (χ3n) is 4.11. The van der Waals surface area contributed by atoms with E-state index in [0.717, 1.165) is 19.3 Å². The van der Waals surface area contributed by atoms with Crippen LogP contribution in [0.5, 0.6) is 0 Å². The zero-order chi connectivity index (χ0) is 16.1. The van der Waals surface area contributed by atoms with E-state index >= 15 is 0 Å². The number of aliphatic hydroxyl groups is 1. The SMILES string of the molecule is COC(=O)c1ccc([N+](=O)[O-])c(NC2CCCC2CCO)c1. The molecule has 2 atom stereocenters. The van der Waals surface area contributed by atoms with Crippen LogP contribution in [0.25, 0.3) is 0 Å². The van der Waals surface area contributed by atoms with E-state index in [4.69, 9.17) is 5.11 Å². The first kappa shape index (κ1) is 16.2. The highest BCUT2D eigenvalue weighted by molar-refractivity contribution is 5.91. The number of benzene rings is 1. The molecule has 0 radical (unpaired) electrons. The molecule has 0 saturated heterocycles. The summed E-state index contributed by atoms with van der Waals surface area (Å²) in [4.78, 5) is 22.3. The van der Waals surface area contributed by atoms with Gasteiger partial charge in [-0.15, -0.1) is 0 Å². The van der Waals surface area contributed by atoms with Crippen LogP contribution < -0.4 is 5.32 Å². The molecule has 22 heavy (non-hydrogen) atoms. The molecule has 0 aromatic heterocycles. The summed E-state index contributed by atoms with van der Waals surface area (Å²) in [7, 11) is 1.27. The largest absolute Gasteiger partial charge is 0.465 e. The quantitative estimate of drug-likeness (QED) is 0.475. The van der Waals surface area contributed by atoms with Gasteiger partial charge >= 0.3 is 5.97 Å². The zero-order valence-corrected chi connectivity index (χ0v) is 12.4. The summed E-state index contributed by atoms with van der Waals surface area (Å²) in [6, 6.07) is 4.22. The second-order valence-electron chi connectivity index (χ2n) is 5.43. The first-order valence-electron chi connectivity index (χ1n) is 7.31. The summed E-state index contributed by atoms with van der Waals surface area (Å²) < 4.78 is 4.65. The maximum absolute atomic E-state index is 11.6. The van der Waals surface area contributed by atoms with Crippen LogP contribution in [0, 0.1) is 16.0 Å². The van der Waals surface area contributed by atoms with E-state index in [0.29, 0.717) is 12.1 Å². The molecular formula is C15H20N2O5. The van der Waals surface area contributed by atoms with E-state index in [1.807, 2.05) is 0 Å². The van der Waals surface area contributed by atoms with Crippen molar-refractivity contribution >= 4 is 17.3 Å². The van der Waals surface area contributed by atoms with Crippen molar-refractivity contribution < 1.29 is 19.6 Å². The molecule has 1 saturated carbocycles. The van der Waals surface area contributed by atoms with Crippen LogP contribution >= 0.6 is 0 Å². The van der Waals surface area contributed by atoms with Crippen LogP contribution in [-0.2, 0) is 4.74 Å². The van der Waals surface area contributed by atoms with Gasteiger partial charge in [0.1, 0.15) is 5.69 Å². The van der Waals surface area contributed by atoms with Gasteiger partial charge < -0.3 is 15.2 Å². The number of aliphatic hydroxyl groups excluding tert-OH is 1. The molecule has 1 aromatic carbocycles. The molecule has 0 heterocycles. The van der Waals surface area contributed by atoms with Gasteiger partial charge in [-0.1, -0.05) is 6.42 Å². The van der Waals surface area contributed by atoms with Gasteiger partial charge in [-0.3, -0.25) is 10.1 Å². The van der Waals surface area contributed by atoms with E-state index in [9.17, 15) is 14.9 Å². The molecule has 0 bridgehead atoms. The molecule has 7 nitrogen and oxygen atoms in total. The predicted octanol–water partition coefficient (Wildman–Crippen LogP) is 2.34. The van der Waals surface area contributed by atoms with Gasteiger partial charge in [0.2, 0.25) is 0 Å². The minimum Gasteiger partial charge on any atom is -0.465 e. The molecule has 1 aromatic rings. The van der Waals surface area contributed by atoms with Crippen molar-refractivity contribution in [3.05, 3.63) is 33.9 Å². The van der Waals surface area contributed by atoms with E-state index in [-0.39, 0.29) is 29.8 Å². The topological polar surface area (TPSA) is 102 Å². The van der Waals surface area contributed by atoms with Gasteiger partial charge in [-0.05, 0) is 37.3 Å². The Morgan fingerprint density at radius 1 is 1.50 bits per heavy atom. The van der Waals surface area contributed by atoms with Gasteiger partial charge in [0, 0.05) is 18.7 Å². The Kier molecular flexibility index (Phi) is 5.32. The van der Waals surface area contributed by atoms with Crippen LogP contribution in [0.4, 0.5) is 11.4 Å². The third-order valence-corrected chi connectivity index (χ3v) is 4.11. The summed E-state index contributed by atoms with van der Waals surface area (Å²) in [6.07, 6.45) is 3.57. The van der Waals surface area contributed by atoms with Gasteiger partial charge in [0.05, 0.1) is 17.6 Å². The summed E-state index contributed by atoms with van der Waals surface area (Å²) in [6.45, 7) is 0.104. The Labute approximate surface area is 128 Å². The number of carbonyl (C=O) groups excluding carboxylic acids is 1. The number of rotatable bonds is 6. The van der Waals surface area contributed by atoms with Crippen molar-refractivity contribution in [1.29, 1.82) is 0 Å². The average Bonchev–Trinajstić information content (AvgIpc) is 2.93. The molecule has 2 unspecified atom stereocenters. The van der Waals surface area contributed by atoms with Crippen molar-refractivity contribution in [3.63, 3.8) is 0 Å². The Morgan fingerprint density at radius 3 is 2.91 bits per heavy atom. The molecule has 120 valence electrons. The van der Waals surface area contributed by atoms with E-state index in [2.05, 4.69) is 10.1 Å². The minimum atomic E-state index is -0.531. The van der Waals surface area contributed by atoms with Gasteiger partial charge in [0.25, 0.3) is 5.69 Å². The van der Waals surface area contributed by atoms with Crippen LogP contribution in [0.15, 0.2) is 18.2 Å². The normalized spacial score (nSPS) is 20.6. The Bertz CT molecular complexity index is 561. The van der Waals surface area contributed by atoms with E-state index in [1.54, 1.807) is 0 Å². The van der Waals surface area contributed by atoms with Crippen LogP contribution in [-0.4, -0.2) is 35.8 Å². The molecular weight excluding hydrogens is 288 g/mol. The number of nitrogens with zero attached hydrogens (tertiary/aromatic N) is 1. The zero-order valence-electron chi connectivity index (χ0n) is 12.4. The summed E-state index contributed by atoms with van der Waals surface area (Å²) >= 11 is 0. The molecule has 0 amide bonds. The molecule has 0 aliphatic heterocycles. The lowest BCUT2D eigenvalue weighted by molar-refractivity contribution is -0.384. The highest BCUT2D eigenvalue weighted by Gasteiger charge is 2.29. The van der Waals surface area contributed by atoms with E-state index < -0.39 is 10.9 Å². The van der Waals surface area contributed by atoms with Crippen LogP contribution in [0.3, 0.4) is 0 Å². The fourth-order valence-corrected chi connectivity index (χ4v) is 2.99. The molecule has 1 aliphatic rings.